The monoisotopic (exact) mass is 277 g/mol. The van der Waals surface area contributed by atoms with E-state index in [1.807, 2.05) is 6.92 Å². The fourth-order valence-electron chi connectivity index (χ4n) is 2.56. The molecular weight excluding hydrogens is 250 g/mol. The molecule has 1 aromatic heterocycles. The van der Waals surface area contributed by atoms with Crippen molar-refractivity contribution in [3.05, 3.63) is 23.3 Å². The summed E-state index contributed by atoms with van der Waals surface area (Å²) in [6.45, 7) is 11.2. The molecule has 0 bridgehead atoms. The van der Waals surface area contributed by atoms with Crippen LogP contribution in [0.4, 0.5) is 0 Å². The molecule has 1 aliphatic rings. The number of nitrogens with zero attached hydrogens (tertiary/aromatic N) is 2. The zero-order chi connectivity index (χ0) is 14.6. The number of nitrogens with one attached hydrogen (secondary N) is 1. The topological polar surface area (TPSA) is 47.0 Å². The lowest BCUT2D eigenvalue weighted by Crippen LogP contribution is -2.33. The number of hydrogen-bond donors (Lipinski definition) is 1. The van der Waals surface area contributed by atoms with Gasteiger partial charge in [-0.1, -0.05) is 13.8 Å². The molecule has 4 heteroatoms. The van der Waals surface area contributed by atoms with Gasteiger partial charge in [0, 0.05) is 18.8 Å². The van der Waals surface area contributed by atoms with Crippen molar-refractivity contribution in [1.82, 2.24) is 15.3 Å². The zero-order valence-corrected chi connectivity index (χ0v) is 13.2. The van der Waals surface area contributed by atoms with Gasteiger partial charge in [0.2, 0.25) is 0 Å². The molecular formula is C16H27N3O. The summed E-state index contributed by atoms with van der Waals surface area (Å²) in [5, 5.41) is 3.44. The van der Waals surface area contributed by atoms with Gasteiger partial charge in [0.25, 0.3) is 0 Å². The molecule has 0 aromatic carbocycles. The van der Waals surface area contributed by atoms with E-state index in [4.69, 9.17) is 9.72 Å². The zero-order valence-electron chi connectivity index (χ0n) is 13.2. The minimum absolute atomic E-state index is 0.308. The first-order valence-corrected chi connectivity index (χ1v) is 7.69. The Kier molecular flexibility index (Phi) is 5.11. The quantitative estimate of drug-likeness (QED) is 0.899. The van der Waals surface area contributed by atoms with Gasteiger partial charge in [-0.3, -0.25) is 0 Å². The number of ether oxygens (including phenoxy) is 1. The van der Waals surface area contributed by atoms with E-state index in [1.165, 1.54) is 6.42 Å². The predicted molar refractivity (Wildman–Crippen MR) is 80.5 cm³/mol. The Hall–Kier alpha value is -1.00. The highest BCUT2D eigenvalue weighted by Gasteiger charge is 2.33. The van der Waals surface area contributed by atoms with Gasteiger partial charge in [-0.05, 0) is 51.6 Å². The summed E-state index contributed by atoms with van der Waals surface area (Å²) in [7, 11) is 0. The third-order valence-electron chi connectivity index (χ3n) is 3.71. The van der Waals surface area contributed by atoms with Crippen LogP contribution >= 0.6 is 0 Å². The predicted octanol–water partition coefficient (Wildman–Crippen LogP) is 2.95. The van der Waals surface area contributed by atoms with Crippen molar-refractivity contribution in [2.75, 3.05) is 13.2 Å². The SMILES string of the molecule is Cc1cc(CNCC(C)C)nc(C2(C)CCCCO2)n1. The Bertz CT molecular complexity index is 439. The van der Waals surface area contributed by atoms with Crippen molar-refractivity contribution < 1.29 is 4.74 Å². The molecule has 112 valence electrons. The average molecular weight is 277 g/mol. The van der Waals surface area contributed by atoms with Crippen molar-refractivity contribution in [3.63, 3.8) is 0 Å². The lowest BCUT2D eigenvalue weighted by molar-refractivity contribution is -0.0762. The van der Waals surface area contributed by atoms with E-state index in [-0.39, 0.29) is 5.60 Å². The van der Waals surface area contributed by atoms with E-state index in [2.05, 4.69) is 37.1 Å². The minimum Gasteiger partial charge on any atom is -0.367 e. The van der Waals surface area contributed by atoms with E-state index < -0.39 is 0 Å². The molecule has 0 aliphatic carbocycles. The molecule has 0 radical (unpaired) electrons. The van der Waals surface area contributed by atoms with Crippen molar-refractivity contribution in [1.29, 1.82) is 0 Å². The largest absolute Gasteiger partial charge is 0.367 e. The Labute approximate surface area is 122 Å². The molecule has 0 spiro atoms. The first kappa shape index (κ1) is 15.4. The summed E-state index contributed by atoms with van der Waals surface area (Å²) in [4.78, 5) is 9.34. The van der Waals surface area contributed by atoms with Crippen molar-refractivity contribution in [2.45, 2.75) is 59.1 Å². The van der Waals surface area contributed by atoms with E-state index in [0.717, 1.165) is 49.8 Å². The number of hydrogen-bond acceptors (Lipinski definition) is 4. The van der Waals surface area contributed by atoms with E-state index in [9.17, 15) is 0 Å². The third-order valence-corrected chi connectivity index (χ3v) is 3.71. The molecule has 1 fully saturated rings. The van der Waals surface area contributed by atoms with Gasteiger partial charge in [-0.15, -0.1) is 0 Å². The molecule has 1 N–H and O–H groups in total. The number of aryl methyl sites for hydroxylation is 1. The van der Waals surface area contributed by atoms with Crippen LogP contribution in [0.25, 0.3) is 0 Å². The van der Waals surface area contributed by atoms with Gasteiger partial charge in [-0.25, -0.2) is 9.97 Å². The Morgan fingerprint density at radius 3 is 2.80 bits per heavy atom. The molecule has 1 aliphatic heterocycles. The Balaban J connectivity index is 2.11. The first-order valence-electron chi connectivity index (χ1n) is 7.69. The highest BCUT2D eigenvalue weighted by Crippen LogP contribution is 2.32. The fourth-order valence-corrected chi connectivity index (χ4v) is 2.56. The number of rotatable bonds is 5. The van der Waals surface area contributed by atoms with Gasteiger partial charge in [0.1, 0.15) is 5.60 Å². The van der Waals surface area contributed by atoms with Crippen LogP contribution in [-0.4, -0.2) is 23.1 Å². The van der Waals surface area contributed by atoms with Crippen LogP contribution in [0.3, 0.4) is 0 Å². The molecule has 4 nitrogen and oxygen atoms in total. The first-order chi connectivity index (χ1) is 9.49. The van der Waals surface area contributed by atoms with Crippen LogP contribution in [0.2, 0.25) is 0 Å². The van der Waals surface area contributed by atoms with Crippen LogP contribution in [0, 0.1) is 12.8 Å². The fraction of sp³-hybridized carbons (Fsp3) is 0.750. The van der Waals surface area contributed by atoms with Crippen molar-refractivity contribution in [3.8, 4) is 0 Å². The Morgan fingerprint density at radius 2 is 2.15 bits per heavy atom. The maximum Gasteiger partial charge on any atom is 0.160 e. The minimum atomic E-state index is -0.308. The van der Waals surface area contributed by atoms with E-state index >= 15 is 0 Å². The molecule has 2 heterocycles. The molecule has 0 saturated carbocycles. The molecule has 1 aromatic rings. The highest BCUT2D eigenvalue weighted by atomic mass is 16.5. The molecule has 20 heavy (non-hydrogen) atoms. The maximum absolute atomic E-state index is 5.96. The second kappa shape index (κ2) is 6.64. The summed E-state index contributed by atoms with van der Waals surface area (Å²) in [6, 6.07) is 2.06. The van der Waals surface area contributed by atoms with Gasteiger partial charge in [0.05, 0.1) is 5.69 Å². The van der Waals surface area contributed by atoms with Crippen LogP contribution in [-0.2, 0) is 16.9 Å². The molecule has 2 rings (SSSR count). The summed E-state index contributed by atoms with van der Waals surface area (Å²) < 4.78 is 5.96. The summed E-state index contributed by atoms with van der Waals surface area (Å²) >= 11 is 0. The standard InChI is InChI=1S/C16H27N3O/c1-12(2)10-17-11-14-9-13(3)18-15(19-14)16(4)7-5-6-8-20-16/h9,12,17H,5-8,10-11H2,1-4H3. The molecule has 1 unspecified atom stereocenters. The maximum atomic E-state index is 5.96. The molecule has 0 amide bonds. The second-order valence-corrected chi connectivity index (χ2v) is 6.39. The van der Waals surface area contributed by atoms with Gasteiger partial charge in [-0.2, -0.15) is 0 Å². The van der Waals surface area contributed by atoms with Crippen molar-refractivity contribution >= 4 is 0 Å². The number of aromatic nitrogens is 2. The molecule has 1 saturated heterocycles. The van der Waals surface area contributed by atoms with Gasteiger partial charge < -0.3 is 10.1 Å². The molecule has 1 atom stereocenters. The lowest BCUT2D eigenvalue weighted by Gasteiger charge is -2.32. The lowest BCUT2D eigenvalue weighted by atomic mass is 9.95. The van der Waals surface area contributed by atoms with E-state index in [0.29, 0.717) is 5.92 Å². The summed E-state index contributed by atoms with van der Waals surface area (Å²) in [5.74, 6) is 1.50. The van der Waals surface area contributed by atoms with E-state index in [1.54, 1.807) is 0 Å². The van der Waals surface area contributed by atoms with Crippen LogP contribution < -0.4 is 5.32 Å². The van der Waals surface area contributed by atoms with Crippen LogP contribution in [0.5, 0.6) is 0 Å². The van der Waals surface area contributed by atoms with Crippen LogP contribution in [0.1, 0.15) is 57.2 Å². The Morgan fingerprint density at radius 1 is 1.35 bits per heavy atom. The van der Waals surface area contributed by atoms with Gasteiger partial charge >= 0.3 is 0 Å². The summed E-state index contributed by atoms with van der Waals surface area (Å²) in [6.07, 6.45) is 3.34. The third kappa shape index (κ3) is 4.00. The summed E-state index contributed by atoms with van der Waals surface area (Å²) in [5.41, 5.74) is 1.77. The average Bonchev–Trinajstić information content (AvgIpc) is 2.38. The smallest absolute Gasteiger partial charge is 0.160 e. The normalized spacial score (nSPS) is 23.2. The second-order valence-electron chi connectivity index (χ2n) is 6.39. The van der Waals surface area contributed by atoms with Gasteiger partial charge in [0.15, 0.2) is 5.82 Å². The highest BCUT2D eigenvalue weighted by molar-refractivity contribution is 5.14. The van der Waals surface area contributed by atoms with Crippen LogP contribution in [0.15, 0.2) is 6.07 Å². The van der Waals surface area contributed by atoms with Crippen molar-refractivity contribution in [2.24, 2.45) is 5.92 Å².